The third-order valence-corrected chi connectivity index (χ3v) is 4.49. The van der Waals surface area contributed by atoms with Crippen LogP contribution in [0.1, 0.15) is 27.2 Å². The second kappa shape index (κ2) is 11.9. The van der Waals surface area contributed by atoms with E-state index in [0.29, 0.717) is 0 Å². The summed E-state index contributed by atoms with van der Waals surface area (Å²) in [5.41, 5.74) is -5.26. The molecule has 0 aromatic rings. The fraction of sp³-hybridized carbons (Fsp3) is 0.429. The van der Waals surface area contributed by atoms with Crippen molar-refractivity contribution in [1.82, 2.24) is 0 Å². The lowest BCUT2D eigenvalue weighted by atomic mass is 9.84. The normalized spacial score (nSPS) is 15.0. The highest BCUT2D eigenvalue weighted by Gasteiger charge is 2.35. The fourth-order valence-electron chi connectivity index (χ4n) is 2.49. The van der Waals surface area contributed by atoms with Gasteiger partial charge >= 0.3 is 23.9 Å². The molecule has 0 saturated heterocycles. The number of esters is 1. The Balaban J connectivity index is 6.65. The maximum Gasteiger partial charge on any atom is 0.334 e. The average Bonchev–Trinajstić information content (AvgIpc) is 2.71. The van der Waals surface area contributed by atoms with E-state index in [9.17, 15) is 49.8 Å². The van der Waals surface area contributed by atoms with Crippen molar-refractivity contribution in [2.45, 2.75) is 32.8 Å². The highest BCUT2D eigenvalue weighted by atomic mass is 16.6. The van der Waals surface area contributed by atoms with Gasteiger partial charge in [0.05, 0.1) is 19.8 Å². The number of aliphatic carboxylic acids is 3. The minimum absolute atomic E-state index is 0.351. The van der Waals surface area contributed by atoms with E-state index in [4.69, 9.17) is 4.74 Å². The molecule has 0 saturated carbocycles. The van der Waals surface area contributed by atoms with Gasteiger partial charge in [-0.05, 0) is 45.4 Å². The van der Waals surface area contributed by atoms with Crippen LogP contribution >= 0.6 is 0 Å². The van der Waals surface area contributed by atoms with Gasteiger partial charge in [-0.1, -0.05) is 6.58 Å². The van der Waals surface area contributed by atoms with Gasteiger partial charge in [-0.3, -0.25) is 0 Å². The molecule has 0 atom stereocenters. The Morgan fingerprint density at radius 1 is 0.750 bits per heavy atom. The van der Waals surface area contributed by atoms with Crippen LogP contribution in [0.5, 0.6) is 0 Å². The molecule has 0 unspecified atom stereocenters. The van der Waals surface area contributed by atoms with E-state index in [1.54, 1.807) is 0 Å². The molecule has 11 nitrogen and oxygen atoms in total. The van der Waals surface area contributed by atoms with Gasteiger partial charge in [-0.2, -0.15) is 0 Å². The van der Waals surface area contributed by atoms with Crippen molar-refractivity contribution in [3.8, 4) is 0 Å². The lowest BCUT2D eigenvalue weighted by Gasteiger charge is -2.30. The first kappa shape index (κ1) is 28.7. The maximum absolute atomic E-state index is 12.7. The number of rotatable bonds is 13. The lowest BCUT2D eigenvalue weighted by molar-refractivity contribution is -0.146. The number of carbonyl (C=O) groups excluding carboxylic acids is 1. The summed E-state index contributed by atoms with van der Waals surface area (Å²) in [5.74, 6) is -5.52. The number of hydrogen-bond acceptors (Lipinski definition) is 8. The van der Waals surface area contributed by atoms with Gasteiger partial charge < -0.3 is 35.4 Å². The molecule has 0 bridgehead atoms. The predicted molar refractivity (Wildman–Crippen MR) is 110 cm³/mol. The van der Waals surface area contributed by atoms with Gasteiger partial charge in [-0.25, -0.2) is 19.2 Å². The van der Waals surface area contributed by atoms with E-state index < -0.39 is 61.1 Å². The quantitative estimate of drug-likeness (QED) is 0.164. The van der Waals surface area contributed by atoms with E-state index in [1.807, 2.05) is 0 Å². The van der Waals surface area contributed by atoms with Gasteiger partial charge in [0.15, 0.2) is 5.60 Å². The van der Waals surface area contributed by atoms with Crippen LogP contribution in [0.25, 0.3) is 0 Å². The van der Waals surface area contributed by atoms with E-state index in [1.165, 1.54) is 0 Å². The van der Waals surface area contributed by atoms with Crippen LogP contribution < -0.4 is 0 Å². The van der Waals surface area contributed by atoms with Crippen LogP contribution in [0.4, 0.5) is 0 Å². The third kappa shape index (κ3) is 8.10. The number of ether oxygens (including phenoxy) is 1. The zero-order valence-electron chi connectivity index (χ0n) is 18.0. The first-order valence-electron chi connectivity index (χ1n) is 9.20. The average molecular weight is 456 g/mol. The van der Waals surface area contributed by atoms with Crippen molar-refractivity contribution >= 4 is 23.9 Å². The van der Waals surface area contributed by atoms with E-state index in [2.05, 4.69) is 6.58 Å². The van der Waals surface area contributed by atoms with Crippen LogP contribution in [0, 0.1) is 5.41 Å². The SMILES string of the molecule is C=C(CC(CO)(CO)CO)C(=O)OC(C=C(C)C(=O)O)(C=C(C)C(=O)O)C=C(C)C(=O)O. The van der Waals surface area contributed by atoms with Crippen molar-refractivity contribution in [2.24, 2.45) is 5.41 Å². The highest BCUT2D eigenvalue weighted by molar-refractivity contribution is 5.92. The number of carbonyl (C=O) groups is 4. The molecule has 11 heteroatoms. The number of carboxylic acids is 3. The number of aliphatic hydroxyl groups excluding tert-OH is 3. The standard InChI is InChI=1S/C21H28O11/c1-12(16(25)26)6-21(7-13(2)17(27)28,8-14(3)18(29)30)32-19(31)15(4)5-20(9-22,10-23)11-24/h6-8,22-24H,4-5,9-11H2,1-3H3,(H,25,26)(H,27,28)(H,29,30). The topological polar surface area (TPSA) is 199 Å². The van der Waals surface area contributed by atoms with Gasteiger partial charge in [-0.15, -0.1) is 0 Å². The van der Waals surface area contributed by atoms with Gasteiger partial charge in [0, 0.05) is 27.7 Å². The monoisotopic (exact) mass is 456 g/mol. The molecular formula is C21H28O11. The molecule has 0 aliphatic heterocycles. The highest BCUT2D eigenvalue weighted by Crippen LogP contribution is 2.29. The van der Waals surface area contributed by atoms with Crippen molar-refractivity contribution < 1.29 is 54.6 Å². The molecule has 0 rings (SSSR count). The molecule has 0 amide bonds. The molecule has 178 valence electrons. The summed E-state index contributed by atoms with van der Waals surface area (Å²) < 4.78 is 5.34. The van der Waals surface area contributed by atoms with Gasteiger partial charge in [0.1, 0.15) is 0 Å². The molecule has 0 radical (unpaired) electrons. The van der Waals surface area contributed by atoms with Crippen LogP contribution in [0.3, 0.4) is 0 Å². The van der Waals surface area contributed by atoms with Crippen LogP contribution in [-0.2, 0) is 23.9 Å². The second-order valence-corrected chi connectivity index (χ2v) is 7.40. The van der Waals surface area contributed by atoms with E-state index >= 15 is 0 Å². The minimum Gasteiger partial charge on any atom is -0.478 e. The number of aliphatic hydroxyl groups is 3. The van der Waals surface area contributed by atoms with Crippen molar-refractivity contribution in [2.75, 3.05) is 19.8 Å². The molecule has 0 aromatic heterocycles. The summed E-state index contributed by atoms with van der Waals surface area (Å²) >= 11 is 0. The van der Waals surface area contributed by atoms with Crippen molar-refractivity contribution in [3.05, 3.63) is 47.1 Å². The van der Waals surface area contributed by atoms with Crippen LogP contribution in [0.2, 0.25) is 0 Å². The maximum atomic E-state index is 12.7. The van der Waals surface area contributed by atoms with Crippen LogP contribution in [-0.4, -0.2) is 79.9 Å². The molecule has 6 N–H and O–H groups in total. The van der Waals surface area contributed by atoms with Crippen molar-refractivity contribution in [3.63, 3.8) is 0 Å². The first-order valence-corrected chi connectivity index (χ1v) is 9.20. The fourth-order valence-corrected chi connectivity index (χ4v) is 2.49. The van der Waals surface area contributed by atoms with Gasteiger partial charge in [0.2, 0.25) is 0 Å². The Labute approximate surface area is 184 Å². The Morgan fingerprint density at radius 3 is 1.31 bits per heavy atom. The number of hydrogen-bond donors (Lipinski definition) is 6. The summed E-state index contributed by atoms with van der Waals surface area (Å²) in [4.78, 5) is 46.8. The molecule has 0 aliphatic rings. The molecular weight excluding hydrogens is 428 g/mol. The second-order valence-electron chi connectivity index (χ2n) is 7.40. The van der Waals surface area contributed by atoms with Crippen LogP contribution in [0.15, 0.2) is 47.1 Å². The lowest BCUT2D eigenvalue weighted by Crippen LogP contribution is -2.37. The summed E-state index contributed by atoms with van der Waals surface area (Å²) in [6.45, 7) is 4.76. The summed E-state index contributed by atoms with van der Waals surface area (Å²) in [5, 5.41) is 56.0. The Morgan fingerprint density at radius 2 is 1.06 bits per heavy atom. The summed E-state index contributed by atoms with van der Waals surface area (Å²) in [7, 11) is 0. The van der Waals surface area contributed by atoms with E-state index in [0.717, 1.165) is 39.0 Å². The molecule has 32 heavy (non-hydrogen) atoms. The zero-order valence-corrected chi connectivity index (χ0v) is 18.0. The predicted octanol–water partition coefficient (Wildman–Crippen LogP) is 0.271. The Hall–Kier alpha value is -3.28. The molecule has 0 spiro atoms. The van der Waals surface area contributed by atoms with E-state index in [-0.39, 0.29) is 22.3 Å². The molecule has 0 aromatic carbocycles. The smallest absolute Gasteiger partial charge is 0.334 e. The molecule has 0 heterocycles. The zero-order chi connectivity index (χ0) is 25.3. The number of carboxylic acid groups (broad SMARTS) is 3. The summed E-state index contributed by atoms with van der Waals surface area (Å²) in [6, 6.07) is 0. The Kier molecular flexibility index (Phi) is 10.7. The van der Waals surface area contributed by atoms with Crippen molar-refractivity contribution in [1.29, 1.82) is 0 Å². The first-order chi connectivity index (χ1) is 14.7. The largest absolute Gasteiger partial charge is 0.478 e. The Bertz CT molecular complexity index is 775. The molecule has 0 fully saturated rings. The molecule has 0 aliphatic carbocycles. The third-order valence-electron chi connectivity index (χ3n) is 4.49. The minimum atomic E-state index is -2.24. The summed E-state index contributed by atoms with van der Waals surface area (Å²) in [6.07, 6.45) is 2.15. The van der Waals surface area contributed by atoms with Gasteiger partial charge in [0.25, 0.3) is 0 Å².